The molecule has 0 aliphatic heterocycles. The first-order valence-electron chi connectivity index (χ1n) is 6.34. The molecule has 1 aromatic heterocycles. The molecule has 0 fully saturated rings. The van der Waals surface area contributed by atoms with Crippen LogP contribution in [0.5, 0.6) is 0 Å². The molecule has 104 valence electrons. The first-order valence-corrected chi connectivity index (χ1v) is 6.77. The van der Waals surface area contributed by atoms with Crippen molar-refractivity contribution < 1.29 is 9.13 Å². The molecule has 1 atom stereocenters. The molecule has 0 saturated carbocycles. The Morgan fingerprint density at radius 2 is 2.21 bits per heavy atom. The Morgan fingerprint density at radius 3 is 2.84 bits per heavy atom. The summed E-state index contributed by atoms with van der Waals surface area (Å²) in [4.78, 5) is 4.44. The third kappa shape index (κ3) is 2.90. The number of imidazole rings is 1. The minimum atomic E-state index is -0.234. The molecule has 0 amide bonds. The van der Waals surface area contributed by atoms with Crippen molar-refractivity contribution in [1.29, 1.82) is 0 Å². The van der Waals surface area contributed by atoms with E-state index in [9.17, 15) is 4.39 Å². The molecule has 0 saturated heterocycles. The highest BCUT2D eigenvalue weighted by Gasteiger charge is 2.16. The van der Waals surface area contributed by atoms with Gasteiger partial charge in [0, 0.05) is 26.3 Å². The van der Waals surface area contributed by atoms with Crippen LogP contribution in [0.3, 0.4) is 0 Å². The molecule has 1 aromatic carbocycles. The molecule has 1 unspecified atom stereocenters. The topological polar surface area (TPSA) is 27.1 Å². The largest absolute Gasteiger partial charge is 0.385 e. The number of aryl methyl sites for hydroxylation is 2. The lowest BCUT2D eigenvalue weighted by Gasteiger charge is -2.10. The van der Waals surface area contributed by atoms with E-state index < -0.39 is 0 Å². The van der Waals surface area contributed by atoms with Crippen LogP contribution in [-0.4, -0.2) is 23.3 Å². The van der Waals surface area contributed by atoms with Gasteiger partial charge in [0.25, 0.3) is 0 Å². The Bertz CT molecular complexity index is 580. The van der Waals surface area contributed by atoms with Crippen molar-refractivity contribution in [3.8, 4) is 0 Å². The van der Waals surface area contributed by atoms with E-state index in [1.807, 2.05) is 13.0 Å². The molecule has 2 rings (SSSR count). The van der Waals surface area contributed by atoms with E-state index in [0.717, 1.165) is 24.3 Å². The van der Waals surface area contributed by atoms with E-state index >= 15 is 0 Å². The van der Waals surface area contributed by atoms with Crippen LogP contribution in [0.15, 0.2) is 12.1 Å². The number of hydrogen-bond donors (Lipinski definition) is 0. The minimum Gasteiger partial charge on any atom is -0.385 e. The second kappa shape index (κ2) is 5.88. The smallest absolute Gasteiger partial charge is 0.128 e. The number of alkyl halides is 1. The molecule has 0 bridgehead atoms. The summed E-state index contributed by atoms with van der Waals surface area (Å²) in [5, 5.41) is -0.210. The third-order valence-corrected chi connectivity index (χ3v) is 3.34. The van der Waals surface area contributed by atoms with Crippen molar-refractivity contribution in [2.75, 3.05) is 13.7 Å². The summed E-state index contributed by atoms with van der Waals surface area (Å²) in [6.07, 6.45) is 0.870. The summed E-state index contributed by atoms with van der Waals surface area (Å²) in [7, 11) is 1.68. The summed E-state index contributed by atoms with van der Waals surface area (Å²) >= 11 is 6.16. The second-order valence-corrected chi connectivity index (χ2v) is 5.33. The van der Waals surface area contributed by atoms with E-state index in [0.29, 0.717) is 17.7 Å². The van der Waals surface area contributed by atoms with Crippen LogP contribution in [0, 0.1) is 12.7 Å². The number of ether oxygens (including phenoxy) is 1. The Kier molecular flexibility index (Phi) is 4.42. The van der Waals surface area contributed by atoms with E-state index in [1.54, 1.807) is 14.0 Å². The standard InChI is InChI=1S/C14H18ClFN2O/c1-9-7-13-12(8-11(9)16)17-14(10(2)15)18(13)5-4-6-19-3/h7-8,10H,4-6H2,1-3H3. The summed E-state index contributed by atoms with van der Waals surface area (Å²) in [6.45, 7) is 5.07. The van der Waals surface area contributed by atoms with Crippen molar-refractivity contribution in [2.24, 2.45) is 0 Å². The average molecular weight is 285 g/mol. The molecular formula is C14H18ClFN2O. The quantitative estimate of drug-likeness (QED) is 0.616. The minimum absolute atomic E-state index is 0.210. The molecule has 0 N–H and O–H groups in total. The number of halogens is 2. The Morgan fingerprint density at radius 1 is 1.47 bits per heavy atom. The van der Waals surface area contributed by atoms with Crippen LogP contribution < -0.4 is 0 Å². The van der Waals surface area contributed by atoms with Gasteiger partial charge in [0.1, 0.15) is 11.6 Å². The molecule has 0 aliphatic rings. The summed E-state index contributed by atoms with van der Waals surface area (Å²) in [5.41, 5.74) is 2.20. The van der Waals surface area contributed by atoms with E-state index in [1.165, 1.54) is 6.07 Å². The lowest BCUT2D eigenvalue weighted by molar-refractivity contribution is 0.190. The lowest BCUT2D eigenvalue weighted by atomic mass is 10.2. The second-order valence-electron chi connectivity index (χ2n) is 4.67. The van der Waals surface area contributed by atoms with Gasteiger partial charge in [-0.25, -0.2) is 9.37 Å². The first-order chi connectivity index (χ1) is 9.04. The van der Waals surface area contributed by atoms with Gasteiger partial charge < -0.3 is 9.30 Å². The van der Waals surface area contributed by atoms with Gasteiger partial charge in [-0.2, -0.15) is 0 Å². The predicted molar refractivity (Wildman–Crippen MR) is 75.2 cm³/mol. The highest BCUT2D eigenvalue weighted by molar-refractivity contribution is 6.20. The van der Waals surface area contributed by atoms with E-state index in [2.05, 4.69) is 9.55 Å². The Labute approximate surface area is 117 Å². The van der Waals surface area contributed by atoms with Gasteiger partial charge >= 0.3 is 0 Å². The van der Waals surface area contributed by atoms with Crippen molar-refractivity contribution in [1.82, 2.24) is 9.55 Å². The molecule has 2 aromatic rings. The normalized spacial score (nSPS) is 13.1. The zero-order valence-electron chi connectivity index (χ0n) is 11.4. The monoisotopic (exact) mass is 284 g/mol. The molecule has 1 heterocycles. The maximum atomic E-state index is 13.6. The summed E-state index contributed by atoms with van der Waals surface area (Å²) < 4.78 is 20.7. The van der Waals surface area contributed by atoms with Crippen LogP contribution in [0.25, 0.3) is 11.0 Å². The highest BCUT2D eigenvalue weighted by atomic mass is 35.5. The van der Waals surface area contributed by atoms with Crippen LogP contribution in [0.2, 0.25) is 0 Å². The van der Waals surface area contributed by atoms with Gasteiger partial charge in [-0.1, -0.05) is 0 Å². The number of rotatable bonds is 5. The van der Waals surface area contributed by atoms with Crippen molar-refractivity contribution in [3.05, 3.63) is 29.3 Å². The third-order valence-electron chi connectivity index (χ3n) is 3.14. The van der Waals surface area contributed by atoms with Gasteiger partial charge in [0.05, 0.1) is 16.4 Å². The SMILES string of the molecule is COCCCn1c(C(C)Cl)nc2cc(F)c(C)cc21. The number of methoxy groups -OCH3 is 1. The van der Waals surface area contributed by atoms with Gasteiger partial charge in [-0.15, -0.1) is 11.6 Å². The van der Waals surface area contributed by atoms with Crippen LogP contribution in [0.1, 0.15) is 30.1 Å². The molecule has 0 aliphatic carbocycles. The number of nitrogens with zero attached hydrogens (tertiary/aromatic N) is 2. The van der Waals surface area contributed by atoms with Gasteiger partial charge in [-0.3, -0.25) is 0 Å². The lowest BCUT2D eigenvalue weighted by Crippen LogP contribution is -2.06. The maximum absolute atomic E-state index is 13.6. The van der Waals surface area contributed by atoms with Gasteiger partial charge in [-0.05, 0) is 31.9 Å². The fourth-order valence-electron chi connectivity index (χ4n) is 2.17. The Hall–Kier alpha value is -1.13. The molecule has 5 heteroatoms. The van der Waals surface area contributed by atoms with Crippen molar-refractivity contribution in [2.45, 2.75) is 32.2 Å². The van der Waals surface area contributed by atoms with E-state index in [-0.39, 0.29) is 11.2 Å². The number of fused-ring (bicyclic) bond motifs is 1. The maximum Gasteiger partial charge on any atom is 0.128 e. The molecule has 3 nitrogen and oxygen atoms in total. The number of hydrogen-bond acceptors (Lipinski definition) is 2. The van der Waals surface area contributed by atoms with Crippen LogP contribution in [0.4, 0.5) is 4.39 Å². The van der Waals surface area contributed by atoms with Gasteiger partial charge in [0.15, 0.2) is 0 Å². The zero-order valence-corrected chi connectivity index (χ0v) is 12.2. The molecule has 0 spiro atoms. The number of aromatic nitrogens is 2. The zero-order chi connectivity index (χ0) is 14.0. The van der Waals surface area contributed by atoms with Crippen molar-refractivity contribution >= 4 is 22.6 Å². The fraction of sp³-hybridized carbons (Fsp3) is 0.500. The predicted octanol–water partition coefficient (Wildman–Crippen LogP) is 3.82. The van der Waals surface area contributed by atoms with Gasteiger partial charge in [0.2, 0.25) is 0 Å². The highest BCUT2D eigenvalue weighted by Crippen LogP contribution is 2.26. The van der Waals surface area contributed by atoms with Crippen molar-refractivity contribution in [3.63, 3.8) is 0 Å². The molecular weight excluding hydrogens is 267 g/mol. The van der Waals surface area contributed by atoms with Crippen LogP contribution in [-0.2, 0) is 11.3 Å². The molecule has 0 radical (unpaired) electrons. The summed E-state index contributed by atoms with van der Waals surface area (Å²) in [5.74, 6) is 0.542. The fourth-order valence-corrected chi connectivity index (χ4v) is 2.34. The molecule has 19 heavy (non-hydrogen) atoms. The Balaban J connectivity index is 2.49. The van der Waals surface area contributed by atoms with E-state index in [4.69, 9.17) is 16.3 Å². The van der Waals surface area contributed by atoms with Crippen LogP contribution >= 0.6 is 11.6 Å². The average Bonchev–Trinajstić information content (AvgIpc) is 2.69. The first kappa shape index (κ1) is 14.3. The number of benzene rings is 1. The summed E-state index contributed by atoms with van der Waals surface area (Å²) in [6, 6.07) is 3.30.